The zero-order chi connectivity index (χ0) is 15.4. The molecule has 0 fully saturated rings. The van der Waals surface area contributed by atoms with Gasteiger partial charge in [0, 0.05) is 20.1 Å². The van der Waals surface area contributed by atoms with E-state index in [4.69, 9.17) is 5.11 Å². The molecule has 1 aliphatic heterocycles. The second-order valence-corrected chi connectivity index (χ2v) is 5.00. The second-order valence-electron chi connectivity index (χ2n) is 5.00. The Labute approximate surface area is 124 Å². The average molecular weight is 288 g/mol. The standard InChI is InChI=1S/C16H20N2O3/c1-3-9-18-15(20)13(12-7-5-4-6-8-12)14(16(18)21)17(2)10-11-19/h4-8,19H,3,9-11H2,1-2H3. The third-order valence-corrected chi connectivity index (χ3v) is 3.47. The van der Waals surface area contributed by atoms with Gasteiger partial charge in [0.2, 0.25) is 0 Å². The van der Waals surface area contributed by atoms with Crippen LogP contribution in [0.25, 0.3) is 5.57 Å². The van der Waals surface area contributed by atoms with Gasteiger partial charge in [0.05, 0.1) is 12.2 Å². The smallest absolute Gasteiger partial charge is 0.277 e. The monoisotopic (exact) mass is 288 g/mol. The summed E-state index contributed by atoms with van der Waals surface area (Å²) in [6, 6.07) is 9.19. The third-order valence-electron chi connectivity index (χ3n) is 3.47. The molecule has 2 rings (SSSR count). The van der Waals surface area contributed by atoms with Crippen molar-refractivity contribution in [3.8, 4) is 0 Å². The molecule has 112 valence electrons. The molecule has 0 spiro atoms. The van der Waals surface area contributed by atoms with E-state index >= 15 is 0 Å². The number of hydrogen-bond donors (Lipinski definition) is 1. The average Bonchev–Trinajstić information content (AvgIpc) is 2.73. The van der Waals surface area contributed by atoms with Crippen LogP contribution in [0.15, 0.2) is 36.0 Å². The summed E-state index contributed by atoms with van der Waals surface area (Å²) in [4.78, 5) is 28.0. The molecule has 5 heteroatoms. The van der Waals surface area contributed by atoms with Crippen LogP contribution in [0.3, 0.4) is 0 Å². The van der Waals surface area contributed by atoms with E-state index in [1.54, 1.807) is 11.9 Å². The van der Waals surface area contributed by atoms with Gasteiger partial charge in [0.1, 0.15) is 5.70 Å². The largest absolute Gasteiger partial charge is 0.395 e. The molecule has 2 amide bonds. The fourth-order valence-electron chi connectivity index (χ4n) is 2.47. The predicted molar refractivity (Wildman–Crippen MR) is 80.1 cm³/mol. The van der Waals surface area contributed by atoms with Crippen LogP contribution in [0.5, 0.6) is 0 Å². The van der Waals surface area contributed by atoms with Crippen LogP contribution in [0.2, 0.25) is 0 Å². The van der Waals surface area contributed by atoms with E-state index < -0.39 is 0 Å². The molecule has 0 saturated carbocycles. The number of amides is 2. The van der Waals surface area contributed by atoms with E-state index in [2.05, 4.69) is 0 Å². The van der Waals surface area contributed by atoms with Gasteiger partial charge in [-0.2, -0.15) is 0 Å². The van der Waals surface area contributed by atoms with Crippen molar-refractivity contribution < 1.29 is 14.7 Å². The van der Waals surface area contributed by atoms with Crippen LogP contribution in [0, 0.1) is 0 Å². The minimum absolute atomic E-state index is 0.0721. The first-order valence-corrected chi connectivity index (χ1v) is 7.09. The molecule has 0 atom stereocenters. The van der Waals surface area contributed by atoms with Crippen LogP contribution < -0.4 is 0 Å². The zero-order valence-corrected chi connectivity index (χ0v) is 12.4. The molecule has 5 nitrogen and oxygen atoms in total. The molecule has 21 heavy (non-hydrogen) atoms. The number of hydrogen-bond acceptors (Lipinski definition) is 4. The minimum Gasteiger partial charge on any atom is -0.395 e. The predicted octanol–water partition coefficient (Wildman–Crippen LogP) is 1.10. The number of aliphatic hydroxyl groups is 1. The van der Waals surface area contributed by atoms with Gasteiger partial charge in [-0.3, -0.25) is 14.5 Å². The molecule has 0 radical (unpaired) electrons. The summed E-state index contributed by atoms with van der Waals surface area (Å²) in [6.45, 7) is 2.57. The number of likely N-dealkylation sites (N-methyl/N-ethyl adjacent to an activating group) is 1. The van der Waals surface area contributed by atoms with E-state index in [0.717, 1.165) is 12.0 Å². The first-order valence-electron chi connectivity index (χ1n) is 7.09. The van der Waals surface area contributed by atoms with Crippen molar-refractivity contribution in [3.63, 3.8) is 0 Å². The van der Waals surface area contributed by atoms with Gasteiger partial charge >= 0.3 is 0 Å². The Hall–Kier alpha value is -2.14. The lowest BCUT2D eigenvalue weighted by molar-refractivity contribution is -0.137. The van der Waals surface area contributed by atoms with Crippen molar-refractivity contribution in [2.45, 2.75) is 13.3 Å². The Bertz CT molecular complexity index is 566. The lowest BCUT2D eigenvalue weighted by atomic mass is 10.0. The van der Waals surface area contributed by atoms with E-state index in [0.29, 0.717) is 24.4 Å². The number of benzene rings is 1. The third kappa shape index (κ3) is 2.83. The second kappa shape index (κ2) is 6.54. The molecule has 1 heterocycles. The maximum Gasteiger partial charge on any atom is 0.277 e. The molecule has 0 aromatic heterocycles. The summed E-state index contributed by atoms with van der Waals surface area (Å²) >= 11 is 0. The minimum atomic E-state index is -0.281. The quantitative estimate of drug-likeness (QED) is 0.796. The summed E-state index contributed by atoms with van der Waals surface area (Å²) < 4.78 is 0. The fraction of sp³-hybridized carbons (Fsp3) is 0.375. The Morgan fingerprint density at radius 2 is 1.81 bits per heavy atom. The van der Waals surface area contributed by atoms with Gasteiger partial charge < -0.3 is 10.0 Å². The van der Waals surface area contributed by atoms with Crippen LogP contribution >= 0.6 is 0 Å². The zero-order valence-electron chi connectivity index (χ0n) is 12.4. The highest BCUT2D eigenvalue weighted by molar-refractivity contribution is 6.35. The number of nitrogens with zero attached hydrogens (tertiary/aromatic N) is 2. The molecule has 1 aromatic carbocycles. The Morgan fingerprint density at radius 1 is 1.14 bits per heavy atom. The lowest BCUT2D eigenvalue weighted by Gasteiger charge is -2.20. The van der Waals surface area contributed by atoms with Crippen LogP contribution in [0.1, 0.15) is 18.9 Å². The number of carbonyl (C=O) groups excluding carboxylic acids is 2. The van der Waals surface area contributed by atoms with Crippen molar-refractivity contribution >= 4 is 17.4 Å². The molecule has 1 N–H and O–H groups in total. The maximum atomic E-state index is 12.6. The number of carbonyl (C=O) groups is 2. The van der Waals surface area contributed by atoms with Crippen LogP contribution in [-0.4, -0.2) is 53.5 Å². The highest BCUT2D eigenvalue weighted by Crippen LogP contribution is 2.30. The maximum absolute atomic E-state index is 12.6. The van der Waals surface area contributed by atoms with Gasteiger partial charge in [0.15, 0.2) is 0 Å². The molecule has 0 unspecified atom stereocenters. The van der Waals surface area contributed by atoms with E-state index in [1.807, 2.05) is 37.3 Å². The Balaban J connectivity index is 2.50. The first-order chi connectivity index (χ1) is 10.1. The fourth-order valence-corrected chi connectivity index (χ4v) is 2.47. The molecular formula is C16H20N2O3. The van der Waals surface area contributed by atoms with Gasteiger partial charge in [-0.1, -0.05) is 37.3 Å². The summed E-state index contributed by atoms with van der Waals surface area (Å²) in [5, 5.41) is 9.10. The lowest BCUT2D eigenvalue weighted by Crippen LogP contribution is -2.35. The van der Waals surface area contributed by atoms with Crippen molar-refractivity contribution in [2.24, 2.45) is 0 Å². The topological polar surface area (TPSA) is 60.9 Å². The van der Waals surface area contributed by atoms with Gasteiger partial charge in [-0.25, -0.2) is 0 Å². The number of rotatable bonds is 6. The Morgan fingerprint density at radius 3 is 2.38 bits per heavy atom. The molecular weight excluding hydrogens is 268 g/mol. The first kappa shape index (κ1) is 15.3. The van der Waals surface area contributed by atoms with Crippen molar-refractivity contribution in [2.75, 3.05) is 26.7 Å². The molecule has 1 aliphatic rings. The summed E-state index contributed by atoms with van der Waals surface area (Å²) in [5.41, 5.74) is 1.52. The van der Waals surface area contributed by atoms with Crippen molar-refractivity contribution in [1.29, 1.82) is 0 Å². The molecule has 0 saturated heterocycles. The van der Waals surface area contributed by atoms with Gasteiger partial charge in [-0.15, -0.1) is 0 Å². The SMILES string of the molecule is CCCN1C(=O)C(c2ccccc2)=C(N(C)CCO)C1=O. The molecule has 0 bridgehead atoms. The van der Waals surface area contributed by atoms with Gasteiger partial charge in [-0.05, 0) is 12.0 Å². The van der Waals surface area contributed by atoms with Crippen molar-refractivity contribution in [1.82, 2.24) is 9.80 Å². The van der Waals surface area contributed by atoms with Crippen LogP contribution in [0.4, 0.5) is 0 Å². The van der Waals surface area contributed by atoms with Crippen LogP contribution in [-0.2, 0) is 9.59 Å². The van der Waals surface area contributed by atoms with E-state index in [-0.39, 0.29) is 18.4 Å². The normalized spacial score (nSPS) is 15.1. The number of imide groups is 1. The molecule has 1 aromatic rings. The summed E-state index contributed by atoms with van der Waals surface area (Å²) in [5.74, 6) is -0.538. The molecule has 0 aliphatic carbocycles. The highest BCUT2D eigenvalue weighted by Gasteiger charge is 2.39. The Kier molecular flexibility index (Phi) is 4.75. The van der Waals surface area contributed by atoms with Crippen molar-refractivity contribution in [3.05, 3.63) is 41.6 Å². The van der Waals surface area contributed by atoms with E-state index in [1.165, 1.54) is 4.90 Å². The van der Waals surface area contributed by atoms with E-state index in [9.17, 15) is 9.59 Å². The summed E-state index contributed by atoms with van der Waals surface area (Å²) in [6.07, 6.45) is 0.719. The highest BCUT2D eigenvalue weighted by atomic mass is 16.3. The number of aliphatic hydroxyl groups excluding tert-OH is 1. The summed E-state index contributed by atoms with van der Waals surface area (Å²) in [7, 11) is 1.72. The van der Waals surface area contributed by atoms with Gasteiger partial charge in [0.25, 0.3) is 11.8 Å².